The van der Waals surface area contributed by atoms with Crippen molar-refractivity contribution in [2.75, 3.05) is 0 Å². The number of carboxylic acid groups (broad SMARTS) is 1. The van der Waals surface area contributed by atoms with Gasteiger partial charge in [-0.15, -0.1) is 13.2 Å². The summed E-state index contributed by atoms with van der Waals surface area (Å²) in [5, 5.41) is 9.71. The summed E-state index contributed by atoms with van der Waals surface area (Å²) in [4.78, 5) is 23.4. The van der Waals surface area contributed by atoms with Gasteiger partial charge in [-0.25, -0.2) is 4.79 Å². The zero-order valence-electron chi connectivity index (χ0n) is 18.5. The number of ether oxygens (including phenoxy) is 1. The molecule has 1 atom stereocenters. The molecule has 1 aromatic carbocycles. The fourth-order valence-electron chi connectivity index (χ4n) is 4.83. The highest BCUT2D eigenvalue weighted by Crippen LogP contribution is 2.38. The van der Waals surface area contributed by atoms with Crippen molar-refractivity contribution >= 4 is 11.9 Å². The van der Waals surface area contributed by atoms with E-state index in [4.69, 9.17) is 5.73 Å². The Morgan fingerprint density at radius 3 is 2.36 bits per heavy atom. The summed E-state index contributed by atoms with van der Waals surface area (Å²) in [5.74, 6) is -1.41. The monoisotopic (exact) mass is 466 g/mol. The summed E-state index contributed by atoms with van der Waals surface area (Å²) in [7, 11) is 0. The summed E-state index contributed by atoms with van der Waals surface area (Å²) in [6.07, 6.45) is 2.26. The van der Waals surface area contributed by atoms with Crippen LogP contribution in [0.3, 0.4) is 0 Å². The van der Waals surface area contributed by atoms with Crippen molar-refractivity contribution in [2.24, 2.45) is 11.7 Å². The number of carboxylic acids is 1. The number of hydrogen-bond donors (Lipinski definition) is 2. The number of rotatable bonds is 9. The van der Waals surface area contributed by atoms with Crippen LogP contribution in [-0.4, -0.2) is 27.9 Å². The van der Waals surface area contributed by atoms with E-state index in [0.717, 1.165) is 32.1 Å². The molecule has 1 aliphatic rings. The number of carbonyl (C=O) groups is 2. The van der Waals surface area contributed by atoms with Gasteiger partial charge >= 0.3 is 12.3 Å². The van der Waals surface area contributed by atoms with Crippen molar-refractivity contribution in [3.8, 4) is 17.0 Å². The Bertz CT molecular complexity index is 977. The van der Waals surface area contributed by atoms with E-state index < -0.39 is 18.2 Å². The molecule has 1 amide bonds. The molecule has 0 saturated heterocycles. The van der Waals surface area contributed by atoms with Crippen LogP contribution in [-0.2, 0) is 4.79 Å². The lowest BCUT2D eigenvalue weighted by Gasteiger charge is -2.30. The van der Waals surface area contributed by atoms with Crippen LogP contribution in [0.15, 0.2) is 30.3 Å². The third kappa shape index (κ3) is 6.52. The average Bonchev–Trinajstić information content (AvgIpc) is 3.08. The van der Waals surface area contributed by atoms with Crippen LogP contribution < -0.4 is 10.5 Å². The minimum atomic E-state index is -4.80. The molecule has 1 unspecified atom stereocenters. The van der Waals surface area contributed by atoms with E-state index in [1.165, 1.54) is 36.8 Å². The first-order valence-corrected chi connectivity index (χ1v) is 11.1. The Kier molecular flexibility index (Phi) is 7.71. The first-order chi connectivity index (χ1) is 15.5. The lowest BCUT2D eigenvalue weighted by molar-refractivity contribution is -0.274. The van der Waals surface area contributed by atoms with Crippen LogP contribution in [0.2, 0.25) is 0 Å². The van der Waals surface area contributed by atoms with Crippen LogP contribution in [0.1, 0.15) is 73.5 Å². The van der Waals surface area contributed by atoms with E-state index in [-0.39, 0.29) is 23.8 Å². The molecule has 2 aromatic rings. The SMILES string of the molecule is Cc1c(C(=O)O)cc(-c2ccc(OC(F)(F)F)cc2)n1C(CCC(N)=O)CC1CCCCC1. The van der Waals surface area contributed by atoms with E-state index in [2.05, 4.69) is 4.74 Å². The highest BCUT2D eigenvalue weighted by molar-refractivity contribution is 5.91. The highest BCUT2D eigenvalue weighted by atomic mass is 19.4. The Labute approximate surface area is 190 Å². The average molecular weight is 467 g/mol. The van der Waals surface area contributed by atoms with Crippen molar-refractivity contribution in [2.45, 2.75) is 70.7 Å². The first-order valence-electron chi connectivity index (χ1n) is 11.1. The lowest BCUT2D eigenvalue weighted by atomic mass is 9.83. The Balaban J connectivity index is 2.01. The molecule has 1 aromatic heterocycles. The Morgan fingerprint density at radius 2 is 1.82 bits per heavy atom. The number of hydrogen-bond acceptors (Lipinski definition) is 3. The molecule has 3 N–H and O–H groups in total. The second-order valence-corrected chi connectivity index (χ2v) is 8.67. The van der Waals surface area contributed by atoms with Crippen molar-refractivity contribution in [1.82, 2.24) is 4.57 Å². The topological polar surface area (TPSA) is 94.6 Å². The molecule has 1 saturated carbocycles. The van der Waals surface area contributed by atoms with Gasteiger partial charge in [-0.3, -0.25) is 4.79 Å². The quantitative estimate of drug-likeness (QED) is 0.486. The minimum Gasteiger partial charge on any atom is -0.478 e. The van der Waals surface area contributed by atoms with Crippen LogP contribution in [0.4, 0.5) is 13.2 Å². The van der Waals surface area contributed by atoms with Crippen LogP contribution in [0.25, 0.3) is 11.3 Å². The summed E-state index contributed by atoms with van der Waals surface area (Å²) in [5.41, 5.74) is 7.21. The van der Waals surface area contributed by atoms with Gasteiger partial charge in [0.05, 0.1) is 5.56 Å². The zero-order chi connectivity index (χ0) is 24.2. The molecule has 0 aliphatic heterocycles. The van der Waals surface area contributed by atoms with Gasteiger partial charge in [0.15, 0.2) is 0 Å². The minimum absolute atomic E-state index is 0.119. The molecule has 0 radical (unpaired) electrons. The first kappa shape index (κ1) is 24.7. The van der Waals surface area contributed by atoms with Crippen LogP contribution in [0, 0.1) is 12.8 Å². The van der Waals surface area contributed by atoms with Crippen molar-refractivity contribution in [1.29, 1.82) is 0 Å². The molecule has 33 heavy (non-hydrogen) atoms. The third-order valence-corrected chi connectivity index (χ3v) is 6.33. The normalized spacial score (nSPS) is 15.9. The van der Waals surface area contributed by atoms with Gasteiger partial charge in [0.1, 0.15) is 5.75 Å². The second-order valence-electron chi connectivity index (χ2n) is 8.67. The van der Waals surface area contributed by atoms with Gasteiger partial charge < -0.3 is 20.1 Å². The van der Waals surface area contributed by atoms with Gasteiger partial charge in [0, 0.05) is 23.9 Å². The number of halogens is 3. The summed E-state index contributed by atoms with van der Waals surface area (Å²) in [6, 6.07) is 6.74. The van der Waals surface area contributed by atoms with Crippen LogP contribution >= 0.6 is 0 Å². The van der Waals surface area contributed by atoms with Crippen molar-refractivity contribution in [3.63, 3.8) is 0 Å². The van der Waals surface area contributed by atoms with Gasteiger partial charge in [-0.1, -0.05) is 32.1 Å². The summed E-state index contributed by atoms with van der Waals surface area (Å²) >= 11 is 0. The second kappa shape index (κ2) is 10.3. The van der Waals surface area contributed by atoms with Gasteiger partial charge in [-0.05, 0) is 61.6 Å². The molecule has 0 spiro atoms. The predicted molar refractivity (Wildman–Crippen MR) is 117 cm³/mol. The summed E-state index contributed by atoms with van der Waals surface area (Å²) in [6.45, 7) is 1.71. The molecule has 1 aliphatic carbocycles. The standard InChI is InChI=1S/C24H29F3N2O4/c1-15-20(23(31)32)14-21(17-7-10-19(11-8-17)33-24(25,26)27)29(15)18(9-12-22(28)30)13-16-5-3-2-4-6-16/h7-8,10-11,14,16,18H,2-6,9,12-13H2,1H3,(H2,28,30)(H,31,32). The van der Waals surface area contributed by atoms with Crippen molar-refractivity contribution in [3.05, 3.63) is 41.6 Å². The number of nitrogens with zero attached hydrogens (tertiary/aromatic N) is 1. The molecule has 1 fully saturated rings. The number of primary amides is 1. The number of aromatic nitrogens is 1. The molecular weight excluding hydrogens is 437 g/mol. The maximum Gasteiger partial charge on any atom is 0.573 e. The fraction of sp³-hybridized carbons (Fsp3) is 0.500. The lowest BCUT2D eigenvalue weighted by Crippen LogP contribution is -2.21. The number of aromatic carboxylic acids is 1. The number of carbonyl (C=O) groups excluding carboxylic acids is 1. The van der Waals surface area contributed by atoms with Crippen molar-refractivity contribution < 1.29 is 32.6 Å². The molecule has 1 heterocycles. The molecule has 9 heteroatoms. The van der Waals surface area contributed by atoms with Gasteiger partial charge in [0.2, 0.25) is 5.91 Å². The smallest absolute Gasteiger partial charge is 0.478 e. The molecule has 0 bridgehead atoms. The number of alkyl halides is 3. The van der Waals surface area contributed by atoms with Gasteiger partial charge in [-0.2, -0.15) is 0 Å². The Morgan fingerprint density at radius 1 is 1.18 bits per heavy atom. The van der Waals surface area contributed by atoms with E-state index in [0.29, 0.717) is 29.3 Å². The summed E-state index contributed by atoms with van der Waals surface area (Å²) < 4.78 is 43.4. The third-order valence-electron chi connectivity index (χ3n) is 6.33. The number of amides is 1. The highest BCUT2D eigenvalue weighted by Gasteiger charge is 2.31. The molecular formula is C24H29F3N2O4. The zero-order valence-corrected chi connectivity index (χ0v) is 18.5. The van der Waals surface area contributed by atoms with Gasteiger partial charge in [0.25, 0.3) is 0 Å². The molecule has 3 rings (SSSR count). The van der Waals surface area contributed by atoms with E-state index >= 15 is 0 Å². The molecule has 180 valence electrons. The maximum absolute atomic E-state index is 12.5. The van der Waals surface area contributed by atoms with Crippen LogP contribution in [0.5, 0.6) is 5.75 Å². The largest absolute Gasteiger partial charge is 0.573 e. The van der Waals surface area contributed by atoms with E-state index in [9.17, 15) is 27.9 Å². The number of benzene rings is 1. The Hall–Kier alpha value is -2.97. The fourth-order valence-corrected chi connectivity index (χ4v) is 4.83. The predicted octanol–water partition coefficient (Wildman–Crippen LogP) is 5.84. The maximum atomic E-state index is 12.5. The van der Waals surface area contributed by atoms with E-state index in [1.54, 1.807) is 6.92 Å². The van der Waals surface area contributed by atoms with E-state index in [1.807, 2.05) is 4.57 Å². The number of nitrogens with two attached hydrogens (primary N) is 1. The molecule has 6 nitrogen and oxygen atoms in total.